The van der Waals surface area contributed by atoms with Gasteiger partial charge in [-0.3, -0.25) is 4.79 Å². The molecule has 0 fully saturated rings. The van der Waals surface area contributed by atoms with Crippen molar-refractivity contribution in [1.82, 2.24) is 5.32 Å². The summed E-state index contributed by atoms with van der Waals surface area (Å²) in [6, 6.07) is 11.8. The highest BCUT2D eigenvalue weighted by molar-refractivity contribution is 6.30. The zero-order chi connectivity index (χ0) is 19.8. The van der Waals surface area contributed by atoms with Crippen LogP contribution in [-0.2, 0) is 16.1 Å². The van der Waals surface area contributed by atoms with Crippen molar-refractivity contribution in [1.29, 1.82) is 0 Å². The van der Waals surface area contributed by atoms with E-state index in [4.69, 9.17) is 25.8 Å². The molecule has 1 N–H and O–H groups in total. The van der Waals surface area contributed by atoms with Crippen LogP contribution < -0.4 is 14.8 Å². The van der Waals surface area contributed by atoms with Crippen LogP contribution in [-0.4, -0.2) is 31.7 Å². The first kappa shape index (κ1) is 20.6. The van der Waals surface area contributed by atoms with Crippen molar-refractivity contribution in [2.45, 2.75) is 26.5 Å². The van der Waals surface area contributed by atoms with Crippen LogP contribution in [0.2, 0.25) is 5.02 Å². The Balaban J connectivity index is 1.87. The summed E-state index contributed by atoms with van der Waals surface area (Å²) in [5, 5.41) is 3.30. The zero-order valence-electron chi connectivity index (χ0n) is 15.5. The molecule has 27 heavy (non-hydrogen) atoms. The van der Waals surface area contributed by atoms with Crippen LogP contribution >= 0.6 is 11.6 Å². The molecule has 2 rings (SSSR count). The summed E-state index contributed by atoms with van der Waals surface area (Å²) in [6.07, 6.45) is -0.0268. The predicted octanol–water partition coefficient (Wildman–Crippen LogP) is 3.61. The number of hydrogen-bond donors (Lipinski definition) is 1. The van der Waals surface area contributed by atoms with Gasteiger partial charge in [0.25, 0.3) is 5.91 Å². The van der Waals surface area contributed by atoms with Gasteiger partial charge in [-0.1, -0.05) is 23.7 Å². The molecule has 2 aromatic rings. The summed E-state index contributed by atoms with van der Waals surface area (Å²) in [5.74, 6) is -0.0637. The van der Waals surface area contributed by atoms with Gasteiger partial charge in [0.2, 0.25) is 0 Å². The largest absolute Gasteiger partial charge is 0.493 e. The number of carbonyl (C=O) groups is 2. The number of hydrogen-bond acceptors (Lipinski definition) is 5. The van der Waals surface area contributed by atoms with Crippen LogP contribution in [0.5, 0.6) is 11.5 Å². The maximum atomic E-state index is 12.1. The Morgan fingerprint density at radius 3 is 2.41 bits per heavy atom. The van der Waals surface area contributed by atoms with E-state index in [9.17, 15) is 9.59 Å². The second-order valence-corrected chi connectivity index (χ2v) is 6.45. The first-order chi connectivity index (χ1) is 12.9. The first-order valence-electron chi connectivity index (χ1n) is 8.42. The third kappa shape index (κ3) is 6.49. The number of halogens is 1. The number of methoxy groups -OCH3 is 1. The highest BCUT2D eigenvalue weighted by atomic mass is 35.5. The van der Waals surface area contributed by atoms with Crippen LogP contribution in [0.1, 0.15) is 29.8 Å². The fourth-order valence-electron chi connectivity index (χ4n) is 2.21. The van der Waals surface area contributed by atoms with E-state index in [0.717, 1.165) is 5.56 Å². The minimum atomic E-state index is -0.619. The number of amides is 1. The minimum absolute atomic E-state index is 0.0268. The van der Waals surface area contributed by atoms with Gasteiger partial charge >= 0.3 is 5.97 Å². The summed E-state index contributed by atoms with van der Waals surface area (Å²) < 4.78 is 15.9. The number of esters is 1. The summed E-state index contributed by atoms with van der Waals surface area (Å²) in [5.41, 5.74) is 1.16. The quantitative estimate of drug-likeness (QED) is 0.696. The molecule has 7 heteroatoms. The molecule has 0 spiro atoms. The average Bonchev–Trinajstić information content (AvgIpc) is 2.65. The fourth-order valence-corrected chi connectivity index (χ4v) is 2.34. The molecule has 0 saturated carbocycles. The molecule has 0 aliphatic heterocycles. The van der Waals surface area contributed by atoms with Gasteiger partial charge in [0, 0.05) is 11.6 Å². The Labute approximate surface area is 163 Å². The molecule has 0 aliphatic rings. The van der Waals surface area contributed by atoms with E-state index in [2.05, 4.69) is 5.32 Å². The van der Waals surface area contributed by atoms with Gasteiger partial charge in [-0.2, -0.15) is 0 Å². The van der Waals surface area contributed by atoms with E-state index in [1.807, 2.05) is 26.0 Å². The van der Waals surface area contributed by atoms with Crippen molar-refractivity contribution in [3.05, 3.63) is 58.6 Å². The second-order valence-electron chi connectivity index (χ2n) is 6.01. The number of nitrogens with one attached hydrogen (secondary N) is 1. The minimum Gasteiger partial charge on any atom is -0.493 e. The molecule has 0 radical (unpaired) electrons. The molecule has 144 valence electrons. The Morgan fingerprint density at radius 2 is 1.78 bits per heavy atom. The van der Waals surface area contributed by atoms with E-state index < -0.39 is 11.9 Å². The van der Waals surface area contributed by atoms with Gasteiger partial charge in [-0.05, 0) is 49.7 Å². The standard InChI is InChI=1S/C20H22ClNO5/c1-13(2)27-17-9-6-15(10-18(17)25-3)20(24)26-12-19(23)22-11-14-4-7-16(21)8-5-14/h4-10,13H,11-12H2,1-3H3,(H,22,23). The van der Waals surface area contributed by atoms with Crippen molar-refractivity contribution < 1.29 is 23.8 Å². The molecule has 0 atom stereocenters. The van der Waals surface area contributed by atoms with Crippen molar-refractivity contribution >= 4 is 23.5 Å². The molecular weight excluding hydrogens is 370 g/mol. The Hall–Kier alpha value is -2.73. The first-order valence-corrected chi connectivity index (χ1v) is 8.79. The molecule has 0 bridgehead atoms. The van der Waals surface area contributed by atoms with Crippen LogP contribution in [0.25, 0.3) is 0 Å². The number of ether oxygens (including phenoxy) is 3. The van der Waals surface area contributed by atoms with Crippen LogP contribution in [0, 0.1) is 0 Å². The van der Waals surface area contributed by atoms with Crippen molar-refractivity contribution in [3.8, 4) is 11.5 Å². The van der Waals surface area contributed by atoms with Crippen molar-refractivity contribution in [2.75, 3.05) is 13.7 Å². The van der Waals surface area contributed by atoms with Gasteiger partial charge in [-0.15, -0.1) is 0 Å². The zero-order valence-corrected chi connectivity index (χ0v) is 16.2. The molecule has 0 aliphatic carbocycles. The van der Waals surface area contributed by atoms with Crippen molar-refractivity contribution in [3.63, 3.8) is 0 Å². The SMILES string of the molecule is COc1cc(C(=O)OCC(=O)NCc2ccc(Cl)cc2)ccc1OC(C)C. The molecule has 6 nitrogen and oxygen atoms in total. The van der Waals surface area contributed by atoms with Gasteiger partial charge in [0.05, 0.1) is 18.8 Å². The molecule has 1 amide bonds. The number of benzene rings is 2. The van der Waals surface area contributed by atoms with E-state index in [1.165, 1.54) is 13.2 Å². The molecule has 0 aromatic heterocycles. The van der Waals surface area contributed by atoms with E-state index in [-0.39, 0.29) is 18.3 Å². The monoisotopic (exact) mass is 391 g/mol. The lowest BCUT2D eigenvalue weighted by Crippen LogP contribution is -2.28. The normalized spacial score (nSPS) is 10.4. The maximum absolute atomic E-state index is 12.1. The smallest absolute Gasteiger partial charge is 0.338 e. The third-order valence-electron chi connectivity index (χ3n) is 3.50. The summed E-state index contributed by atoms with van der Waals surface area (Å²) >= 11 is 5.81. The second kappa shape index (κ2) is 9.83. The van der Waals surface area contributed by atoms with Crippen LogP contribution in [0.15, 0.2) is 42.5 Å². The van der Waals surface area contributed by atoms with Gasteiger partial charge in [-0.25, -0.2) is 4.79 Å². The van der Waals surface area contributed by atoms with Gasteiger partial charge in [0.1, 0.15) is 0 Å². The summed E-state index contributed by atoms with van der Waals surface area (Å²) in [7, 11) is 1.49. The third-order valence-corrected chi connectivity index (χ3v) is 3.75. The number of carbonyl (C=O) groups excluding carboxylic acids is 2. The highest BCUT2D eigenvalue weighted by Crippen LogP contribution is 2.29. The Kier molecular flexibility index (Phi) is 7.49. The van der Waals surface area contributed by atoms with E-state index in [0.29, 0.717) is 23.1 Å². The lowest BCUT2D eigenvalue weighted by Gasteiger charge is -2.14. The molecule has 0 heterocycles. The molecule has 0 unspecified atom stereocenters. The summed E-state index contributed by atoms with van der Waals surface area (Å²) in [4.78, 5) is 24.0. The Bertz CT molecular complexity index is 789. The van der Waals surface area contributed by atoms with Crippen molar-refractivity contribution in [2.24, 2.45) is 0 Å². The lowest BCUT2D eigenvalue weighted by atomic mass is 10.2. The fraction of sp³-hybridized carbons (Fsp3) is 0.300. The Morgan fingerprint density at radius 1 is 1.07 bits per heavy atom. The molecule has 0 saturated heterocycles. The predicted molar refractivity (Wildman–Crippen MR) is 102 cm³/mol. The number of rotatable bonds is 8. The highest BCUT2D eigenvalue weighted by Gasteiger charge is 2.14. The summed E-state index contributed by atoms with van der Waals surface area (Å²) in [6.45, 7) is 3.73. The molecular formula is C20H22ClNO5. The topological polar surface area (TPSA) is 73.9 Å². The maximum Gasteiger partial charge on any atom is 0.338 e. The van der Waals surface area contributed by atoms with Crippen LogP contribution in [0.3, 0.4) is 0 Å². The molecule has 2 aromatic carbocycles. The average molecular weight is 392 g/mol. The lowest BCUT2D eigenvalue weighted by molar-refractivity contribution is -0.124. The van der Waals surface area contributed by atoms with Gasteiger partial charge < -0.3 is 19.5 Å². The van der Waals surface area contributed by atoms with Gasteiger partial charge in [0.15, 0.2) is 18.1 Å². The van der Waals surface area contributed by atoms with Crippen LogP contribution in [0.4, 0.5) is 0 Å². The van der Waals surface area contributed by atoms with E-state index in [1.54, 1.807) is 24.3 Å². The van der Waals surface area contributed by atoms with E-state index >= 15 is 0 Å².